The van der Waals surface area contributed by atoms with E-state index >= 15 is 0 Å². The second-order valence-electron chi connectivity index (χ2n) is 3.45. The monoisotopic (exact) mass is 588 g/mol. The van der Waals surface area contributed by atoms with Crippen molar-refractivity contribution >= 4 is 40.0 Å². The standard InChI is InChI=1S/C10H12BrN4O4.Fm/c1-15-8(10(18)19-2)7(11)9(14-15)13-6(17)3-4-12-5-16;/h3-4H2,1-2H3,(H,12,16)(H,13,14,17);/q-1;. The molecule has 0 aliphatic rings. The fourth-order valence-electron chi connectivity index (χ4n) is 1.32. The summed E-state index contributed by atoms with van der Waals surface area (Å²) in [4.78, 5) is 32.9. The molecule has 1 aromatic rings. The number of carbonyl (C=O) groups excluding carboxylic acids is 3. The molecular weight excluding hydrogens is 577 g/mol. The summed E-state index contributed by atoms with van der Waals surface area (Å²) in [7, 11) is 2.80. The van der Waals surface area contributed by atoms with Crippen LogP contribution in [0.1, 0.15) is 16.9 Å². The molecule has 0 radical (unpaired) electrons. The number of nitrogens with zero attached hydrogens (tertiary/aromatic N) is 2. The smallest absolute Gasteiger partial charge is 0.357 e. The van der Waals surface area contributed by atoms with E-state index in [1.165, 1.54) is 18.2 Å². The maximum Gasteiger partial charge on any atom is 0.357 e. The Balaban J connectivity index is 0.00000361. The van der Waals surface area contributed by atoms with Crippen LogP contribution in [-0.4, -0.2) is 41.7 Å². The van der Waals surface area contributed by atoms with Crippen molar-refractivity contribution in [1.82, 2.24) is 15.1 Å². The van der Waals surface area contributed by atoms with Crippen LogP contribution < -0.4 is 10.6 Å². The first-order valence-electron chi connectivity index (χ1n) is 5.22. The molecule has 2 amide bonds. The second kappa shape index (κ2) is 7.52. The topological polar surface area (TPSA) is 102 Å². The summed E-state index contributed by atoms with van der Waals surface area (Å²) in [6, 6.07) is 0. The molecule has 2 N–H and O–H groups in total. The van der Waals surface area contributed by atoms with Crippen molar-refractivity contribution in [3.05, 3.63) is 10.2 Å². The van der Waals surface area contributed by atoms with Gasteiger partial charge < -0.3 is 20.2 Å². The molecule has 0 aliphatic heterocycles. The number of aromatic nitrogens is 2. The molecule has 8 nitrogen and oxygen atoms in total. The summed E-state index contributed by atoms with van der Waals surface area (Å²) in [6.07, 6.45) is 1.54. The van der Waals surface area contributed by atoms with E-state index < -0.39 is 5.97 Å². The zero-order chi connectivity index (χ0) is 14.4. The number of carbonyl (C=O) groups is 2. The molecule has 0 bridgehead atoms. The van der Waals surface area contributed by atoms with Crippen LogP contribution in [0.2, 0.25) is 0 Å². The van der Waals surface area contributed by atoms with Gasteiger partial charge >= 0.3 is 5.97 Å². The Morgan fingerprint density at radius 2 is 2.15 bits per heavy atom. The van der Waals surface area contributed by atoms with Gasteiger partial charge in [-0.3, -0.25) is 9.48 Å². The molecule has 0 aromatic carbocycles. The number of methoxy groups -OCH3 is 1. The van der Waals surface area contributed by atoms with E-state index in [0.717, 1.165) is 0 Å². The van der Waals surface area contributed by atoms with Crippen LogP contribution in [-0.2, 0) is 21.4 Å². The molecule has 1 aromatic heterocycles. The molecule has 0 saturated heterocycles. The molecule has 0 fully saturated rings. The van der Waals surface area contributed by atoms with Crippen LogP contribution in [0.15, 0.2) is 4.47 Å². The van der Waals surface area contributed by atoms with Crippen molar-refractivity contribution in [3.8, 4) is 0 Å². The molecule has 20 heavy (non-hydrogen) atoms. The molecule has 0 spiro atoms. The first-order chi connectivity index (χ1) is 9.01. The van der Waals surface area contributed by atoms with Gasteiger partial charge in [0.15, 0.2) is 11.5 Å². The normalized spacial score (nSPS) is 9.35. The summed E-state index contributed by atoms with van der Waals surface area (Å²) in [5.74, 6) is -0.708. The van der Waals surface area contributed by atoms with Gasteiger partial charge in [0.25, 0.3) is 0 Å². The number of esters is 1. The van der Waals surface area contributed by atoms with Gasteiger partial charge in [-0.2, -0.15) is 11.5 Å². The predicted octanol–water partition coefficient (Wildman–Crippen LogP) is -0.0454. The minimum absolute atomic E-state index is 0. The maximum atomic E-state index is 11.5. The van der Waals surface area contributed by atoms with Crippen molar-refractivity contribution in [2.75, 3.05) is 19.0 Å². The predicted molar refractivity (Wildman–Crippen MR) is 69.2 cm³/mol. The van der Waals surface area contributed by atoms with Crippen LogP contribution in [0.25, 0.3) is 0 Å². The summed E-state index contributed by atoms with van der Waals surface area (Å²) < 4.78 is 6.23. The van der Waals surface area contributed by atoms with E-state index in [1.807, 2.05) is 0 Å². The Bertz CT molecular complexity index is 506. The number of aryl methyl sites for hydroxylation is 1. The van der Waals surface area contributed by atoms with Gasteiger partial charge in [0, 0.05) is 13.5 Å². The number of hydrogen-bond acceptors (Lipinski definition) is 5. The fraction of sp³-hybridized carbons (Fsp3) is 0.400. The summed E-state index contributed by atoms with van der Waals surface area (Å²) in [5.41, 5.74) is 0.192. The average molecular weight is 589 g/mol. The van der Waals surface area contributed by atoms with Gasteiger partial charge in [0.2, 0.25) is 5.91 Å². The molecule has 0 aliphatic carbocycles. The van der Waals surface area contributed by atoms with Crippen molar-refractivity contribution in [1.29, 1.82) is 0 Å². The number of amides is 2. The third-order valence-corrected chi connectivity index (χ3v) is 2.93. The third-order valence-electron chi connectivity index (χ3n) is 2.18. The quantitative estimate of drug-likeness (QED) is 0.210. The van der Waals surface area contributed by atoms with Gasteiger partial charge in [0.1, 0.15) is 0 Å². The zero-order valence-electron chi connectivity index (χ0n) is 10.6. The van der Waals surface area contributed by atoms with E-state index in [4.69, 9.17) is 0 Å². The van der Waals surface area contributed by atoms with Crippen LogP contribution in [0, 0.1) is 0 Å². The Kier molecular flexibility index (Phi) is 6.43. The van der Waals surface area contributed by atoms with Gasteiger partial charge in [-0.25, -0.2) is 4.79 Å². The molecule has 0 unspecified atom stereocenters. The molecule has 0 atom stereocenters. The largest absolute Gasteiger partial charge is 0.529 e. The molecule has 1 rings (SSSR count). The second-order valence-corrected chi connectivity index (χ2v) is 4.25. The first-order valence-corrected chi connectivity index (χ1v) is 6.01. The Labute approximate surface area is 117 Å². The van der Waals surface area contributed by atoms with Crippen molar-refractivity contribution in [3.63, 3.8) is 0 Å². The van der Waals surface area contributed by atoms with E-state index in [-0.39, 0.29) is 30.4 Å². The third kappa shape index (κ3) is 3.80. The van der Waals surface area contributed by atoms with Gasteiger partial charge in [-0.15, -0.1) is 0 Å². The van der Waals surface area contributed by atoms with E-state index in [0.29, 0.717) is 4.47 Å². The first kappa shape index (κ1) is 17.1. The van der Waals surface area contributed by atoms with E-state index in [9.17, 15) is 14.4 Å². The van der Waals surface area contributed by atoms with Crippen LogP contribution >= 0.6 is 15.9 Å². The molecule has 0 saturated carbocycles. The summed E-state index contributed by atoms with van der Waals surface area (Å²) in [6.45, 7) is 0.170. The number of anilines is 1. The SMILES string of the molecule is COC(=O)c1c(Br)c(NC(=O)CCN[C-]=O)nn1C.[Fm]. The minimum Gasteiger partial charge on any atom is -0.529 e. The van der Waals surface area contributed by atoms with E-state index in [2.05, 4.69) is 36.4 Å². The maximum absolute atomic E-state index is 11.5. The van der Waals surface area contributed by atoms with Gasteiger partial charge in [-0.05, 0) is 22.5 Å². The van der Waals surface area contributed by atoms with Crippen LogP contribution in [0.3, 0.4) is 0 Å². The summed E-state index contributed by atoms with van der Waals surface area (Å²) in [5, 5.41) is 8.75. The van der Waals surface area contributed by atoms with E-state index in [1.54, 1.807) is 7.05 Å². The summed E-state index contributed by atoms with van der Waals surface area (Å²) >= 11 is 3.18. The zero-order valence-corrected chi connectivity index (χ0v) is 14.6. The molecule has 10 heteroatoms. The minimum atomic E-state index is -0.570. The Morgan fingerprint density at radius 1 is 1.50 bits per heavy atom. The van der Waals surface area contributed by atoms with Crippen LogP contribution in [0.5, 0.6) is 0 Å². The van der Waals surface area contributed by atoms with Crippen molar-refractivity contribution in [2.45, 2.75) is 6.42 Å². The van der Waals surface area contributed by atoms with Crippen molar-refractivity contribution < 1.29 is 19.1 Å². The number of nitrogens with one attached hydrogen (secondary N) is 2. The molecular formula is C10H12BrFmN4O4-. The number of ether oxygens (including phenoxy) is 1. The Morgan fingerprint density at radius 3 is 2.70 bits per heavy atom. The number of hydrogen-bond donors (Lipinski definition) is 2. The van der Waals surface area contributed by atoms with Gasteiger partial charge in [-0.1, -0.05) is 0 Å². The van der Waals surface area contributed by atoms with Crippen LogP contribution in [0.4, 0.5) is 5.82 Å². The number of rotatable bonds is 6. The Hall–Kier alpha value is -2.90. The van der Waals surface area contributed by atoms with Crippen molar-refractivity contribution in [2.24, 2.45) is 7.05 Å². The number of halogens is 1. The average Bonchev–Trinajstić information content (AvgIpc) is 2.64. The molecule has 1 heterocycles. The van der Waals surface area contributed by atoms with Gasteiger partial charge in [0.05, 0.1) is 11.6 Å². The molecule has 116 valence electrons. The fourth-order valence-corrected chi connectivity index (χ4v) is 1.91.